The Morgan fingerprint density at radius 1 is 1.03 bits per heavy atom. The standard InChI is InChI=1S/C23H22N4O7/c1-34-15-9-7-14(8-10-15)18(13-5-3-2-4-6-13)26-20(29)16-11-24-19(27-21(16)30)22(31)25-12-17(28)23(32)33/h2-11,17-18,28H,12H2,1H3,(H,25,31)(H,26,29)(H,32,33)(H,24,27,30). The molecule has 5 N–H and O–H groups in total. The highest BCUT2D eigenvalue weighted by atomic mass is 16.5. The van der Waals surface area contributed by atoms with Crippen molar-refractivity contribution in [1.82, 2.24) is 20.6 Å². The summed E-state index contributed by atoms with van der Waals surface area (Å²) in [4.78, 5) is 54.0. The van der Waals surface area contributed by atoms with Gasteiger partial charge in [0.1, 0.15) is 11.3 Å². The molecule has 3 rings (SSSR count). The van der Waals surface area contributed by atoms with Gasteiger partial charge in [0.05, 0.1) is 19.7 Å². The molecule has 0 saturated heterocycles. The molecule has 1 aromatic heterocycles. The van der Waals surface area contributed by atoms with Crippen molar-refractivity contribution in [2.45, 2.75) is 12.1 Å². The van der Waals surface area contributed by atoms with Crippen molar-refractivity contribution >= 4 is 17.8 Å². The Hall–Kier alpha value is -4.51. The third kappa shape index (κ3) is 5.84. The molecule has 0 spiro atoms. The average molecular weight is 466 g/mol. The quantitative estimate of drug-likeness (QED) is 0.303. The van der Waals surface area contributed by atoms with E-state index in [1.54, 1.807) is 31.4 Å². The Labute approximate surface area is 193 Å². The summed E-state index contributed by atoms with van der Waals surface area (Å²) in [6.07, 6.45) is -0.860. The molecule has 176 valence electrons. The maximum atomic E-state index is 12.9. The van der Waals surface area contributed by atoms with E-state index < -0.39 is 47.9 Å². The zero-order chi connectivity index (χ0) is 24.7. The van der Waals surface area contributed by atoms with Gasteiger partial charge in [-0.25, -0.2) is 9.78 Å². The van der Waals surface area contributed by atoms with E-state index in [1.807, 2.05) is 30.3 Å². The maximum absolute atomic E-state index is 12.9. The van der Waals surface area contributed by atoms with Crippen molar-refractivity contribution in [3.05, 3.63) is 93.7 Å². The van der Waals surface area contributed by atoms with E-state index in [0.29, 0.717) is 5.75 Å². The summed E-state index contributed by atoms with van der Waals surface area (Å²) in [5.74, 6) is -2.93. The predicted octanol–water partition coefficient (Wildman–Crippen LogP) is 0.473. The molecule has 34 heavy (non-hydrogen) atoms. The Bertz CT molecular complexity index is 1230. The van der Waals surface area contributed by atoms with E-state index in [4.69, 9.17) is 9.84 Å². The van der Waals surface area contributed by atoms with Gasteiger partial charge in [-0.2, -0.15) is 0 Å². The lowest BCUT2D eigenvalue weighted by Crippen LogP contribution is -2.38. The molecule has 11 nitrogen and oxygen atoms in total. The Balaban J connectivity index is 1.80. The van der Waals surface area contributed by atoms with Crippen LogP contribution in [0.4, 0.5) is 0 Å². The van der Waals surface area contributed by atoms with Crippen LogP contribution in [-0.2, 0) is 4.79 Å². The number of methoxy groups -OCH3 is 1. The summed E-state index contributed by atoms with van der Waals surface area (Å²) in [6, 6.07) is 15.6. The van der Waals surface area contributed by atoms with Gasteiger partial charge in [-0.3, -0.25) is 14.4 Å². The van der Waals surface area contributed by atoms with E-state index in [-0.39, 0.29) is 5.56 Å². The molecule has 3 aromatic rings. The van der Waals surface area contributed by atoms with Crippen molar-refractivity contribution in [3.8, 4) is 5.75 Å². The minimum Gasteiger partial charge on any atom is -0.497 e. The number of ether oxygens (including phenoxy) is 1. The number of amides is 2. The third-order valence-electron chi connectivity index (χ3n) is 4.86. The molecule has 1 heterocycles. The summed E-state index contributed by atoms with van der Waals surface area (Å²) in [7, 11) is 1.54. The minimum atomic E-state index is -1.81. The van der Waals surface area contributed by atoms with Crippen LogP contribution in [0, 0.1) is 0 Å². The molecular weight excluding hydrogens is 444 g/mol. The number of hydrogen-bond acceptors (Lipinski definition) is 7. The van der Waals surface area contributed by atoms with Gasteiger partial charge in [-0.15, -0.1) is 0 Å². The Morgan fingerprint density at radius 2 is 1.68 bits per heavy atom. The smallest absolute Gasteiger partial charge is 0.334 e. The molecule has 0 aliphatic heterocycles. The first-order valence-electron chi connectivity index (χ1n) is 10.1. The van der Waals surface area contributed by atoms with Gasteiger partial charge in [0.2, 0.25) is 0 Å². The molecule has 0 fully saturated rings. The van der Waals surface area contributed by atoms with Gasteiger partial charge < -0.3 is 30.6 Å². The monoisotopic (exact) mass is 466 g/mol. The van der Waals surface area contributed by atoms with Crippen LogP contribution in [0.2, 0.25) is 0 Å². The van der Waals surface area contributed by atoms with Crippen molar-refractivity contribution in [3.63, 3.8) is 0 Å². The van der Waals surface area contributed by atoms with Gasteiger partial charge in [0.25, 0.3) is 17.4 Å². The molecule has 0 aliphatic carbocycles. The number of aliphatic hydroxyl groups is 1. The van der Waals surface area contributed by atoms with Crippen LogP contribution in [0.1, 0.15) is 38.1 Å². The highest BCUT2D eigenvalue weighted by molar-refractivity contribution is 5.95. The van der Waals surface area contributed by atoms with Crippen LogP contribution in [0.25, 0.3) is 0 Å². The number of aromatic amines is 1. The molecule has 2 atom stereocenters. The summed E-state index contributed by atoms with van der Waals surface area (Å²) in [6.45, 7) is -0.583. The van der Waals surface area contributed by atoms with Crippen LogP contribution in [0.3, 0.4) is 0 Å². The predicted molar refractivity (Wildman–Crippen MR) is 120 cm³/mol. The first kappa shape index (κ1) is 24.1. The SMILES string of the molecule is COc1ccc(C(NC(=O)c2cnc(C(=O)NCC(O)C(=O)O)[nH]c2=O)c2ccccc2)cc1. The number of nitrogens with zero attached hydrogens (tertiary/aromatic N) is 1. The lowest BCUT2D eigenvalue weighted by atomic mass is 9.98. The fourth-order valence-electron chi connectivity index (χ4n) is 3.04. The summed E-state index contributed by atoms with van der Waals surface area (Å²) < 4.78 is 5.18. The third-order valence-corrected chi connectivity index (χ3v) is 4.86. The number of rotatable bonds is 9. The van der Waals surface area contributed by atoms with Gasteiger partial charge in [0.15, 0.2) is 11.9 Å². The molecule has 2 unspecified atom stereocenters. The van der Waals surface area contributed by atoms with E-state index in [1.165, 1.54) is 0 Å². The lowest BCUT2D eigenvalue weighted by Gasteiger charge is -2.20. The second-order valence-corrected chi connectivity index (χ2v) is 7.13. The normalized spacial score (nSPS) is 12.3. The molecule has 2 aromatic carbocycles. The topological polar surface area (TPSA) is 171 Å². The zero-order valence-corrected chi connectivity index (χ0v) is 18.0. The van der Waals surface area contributed by atoms with Gasteiger partial charge in [-0.05, 0) is 23.3 Å². The van der Waals surface area contributed by atoms with Crippen LogP contribution >= 0.6 is 0 Å². The van der Waals surface area contributed by atoms with Gasteiger partial charge in [0, 0.05) is 6.20 Å². The molecule has 11 heteroatoms. The lowest BCUT2D eigenvalue weighted by molar-refractivity contribution is -0.146. The molecule has 0 saturated carbocycles. The first-order chi connectivity index (χ1) is 16.3. The van der Waals surface area contributed by atoms with E-state index in [9.17, 15) is 24.3 Å². The zero-order valence-electron chi connectivity index (χ0n) is 18.0. The highest BCUT2D eigenvalue weighted by Crippen LogP contribution is 2.24. The molecule has 0 radical (unpaired) electrons. The van der Waals surface area contributed by atoms with E-state index in [0.717, 1.165) is 17.3 Å². The number of benzene rings is 2. The van der Waals surface area contributed by atoms with Crippen LogP contribution in [0.15, 0.2) is 65.6 Å². The Morgan fingerprint density at radius 3 is 2.26 bits per heavy atom. The first-order valence-corrected chi connectivity index (χ1v) is 10.1. The maximum Gasteiger partial charge on any atom is 0.334 e. The molecule has 2 amide bonds. The Kier molecular flexibility index (Phi) is 7.72. The van der Waals surface area contributed by atoms with Gasteiger partial charge in [-0.1, -0.05) is 42.5 Å². The second kappa shape index (κ2) is 10.9. The number of H-pyrrole nitrogens is 1. The number of carboxylic acid groups (broad SMARTS) is 1. The summed E-state index contributed by atoms with van der Waals surface area (Å²) in [5.41, 5.74) is 0.339. The largest absolute Gasteiger partial charge is 0.497 e. The van der Waals surface area contributed by atoms with Crippen molar-refractivity contribution in [2.75, 3.05) is 13.7 Å². The van der Waals surface area contributed by atoms with Crippen molar-refractivity contribution < 1.29 is 29.3 Å². The van der Waals surface area contributed by atoms with Crippen LogP contribution in [0.5, 0.6) is 5.75 Å². The highest BCUT2D eigenvalue weighted by Gasteiger charge is 2.22. The number of carboxylic acids is 1. The minimum absolute atomic E-state index is 0.323. The van der Waals surface area contributed by atoms with E-state index in [2.05, 4.69) is 20.6 Å². The van der Waals surface area contributed by atoms with Crippen LogP contribution in [-0.4, -0.2) is 57.7 Å². The number of carbonyl (C=O) groups is 3. The number of carbonyl (C=O) groups excluding carboxylic acids is 2. The number of aliphatic carboxylic acids is 1. The fraction of sp³-hybridized carbons (Fsp3) is 0.174. The number of aromatic nitrogens is 2. The molecule has 0 bridgehead atoms. The van der Waals surface area contributed by atoms with Crippen LogP contribution < -0.4 is 20.9 Å². The van der Waals surface area contributed by atoms with Crippen molar-refractivity contribution in [2.24, 2.45) is 0 Å². The molecular formula is C23H22N4O7. The number of hydrogen-bond donors (Lipinski definition) is 5. The second-order valence-electron chi connectivity index (χ2n) is 7.13. The van der Waals surface area contributed by atoms with Crippen molar-refractivity contribution in [1.29, 1.82) is 0 Å². The van der Waals surface area contributed by atoms with E-state index >= 15 is 0 Å². The number of nitrogens with one attached hydrogen (secondary N) is 3. The fourth-order valence-corrected chi connectivity index (χ4v) is 3.04. The van der Waals surface area contributed by atoms with Gasteiger partial charge >= 0.3 is 5.97 Å². The summed E-state index contributed by atoms with van der Waals surface area (Å²) in [5, 5.41) is 22.8. The number of aliphatic hydroxyl groups excluding tert-OH is 1. The average Bonchev–Trinajstić information content (AvgIpc) is 2.85. The molecule has 0 aliphatic rings. The summed E-state index contributed by atoms with van der Waals surface area (Å²) >= 11 is 0.